The van der Waals surface area contributed by atoms with E-state index in [4.69, 9.17) is 0 Å². The van der Waals surface area contributed by atoms with Crippen molar-refractivity contribution in [3.05, 3.63) is 29.8 Å². The van der Waals surface area contributed by atoms with Gasteiger partial charge in [0.25, 0.3) is 5.91 Å². The third-order valence-electron chi connectivity index (χ3n) is 2.44. The maximum absolute atomic E-state index is 12.0. The van der Waals surface area contributed by atoms with Crippen molar-refractivity contribution in [1.82, 2.24) is 5.32 Å². The van der Waals surface area contributed by atoms with Gasteiger partial charge in [0, 0.05) is 18.3 Å². The summed E-state index contributed by atoms with van der Waals surface area (Å²) in [7, 11) is 0. The number of amides is 2. The predicted molar refractivity (Wildman–Crippen MR) is 80.7 cm³/mol. The van der Waals surface area contributed by atoms with E-state index in [1.807, 2.05) is 13.8 Å². The van der Waals surface area contributed by atoms with E-state index in [-0.39, 0.29) is 11.8 Å². The van der Waals surface area contributed by atoms with Crippen LogP contribution in [-0.2, 0) is 4.79 Å². The van der Waals surface area contributed by atoms with Gasteiger partial charge in [-0.3, -0.25) is 9.59 Å². The second-order valence-corrected chi connectivity index (χ2v) is 5.43. The Labute approximate surface area is 122 Å². The molecule has 0 bridgehead atoms. The van der Waals surface area contributed by atoms with Gasteiger partial charge in [0.2, 0.25) is 5.91 Å². The minimum Gasteiger partial charge on any atom is -0.352 e. The molecular weight excluding hydrogens is 308 g/mol. The molecule has 0 spiro atoms. The lowest BCUT2D eigenvalue weighted by Gasteiger charge is -2.12. The summed E-state index contributed by atoms with van der Waals surface area (Å²) in [5.41, 5.74) is 1.04. The molecule has 2 amide bonds. The molecule has 1 rings (SSSR count). The molecule has 0 heterocycles. The lowest BCUT2D eigenvalue weighted by atomic mass is 10.1. The summed E-state index contributed by atoms with van der Waals surface area (Å²) in [4.78, 5) is 23.6. The highest BCUT2D eigenvalue weighted by Crippen LogP contribution is 2.15. The number of anilines is 1. The van der Waals surface area contributed by atoms with E-state index in [0.717, 1.165) is 0 Å². The summed E-state index contributed by atoms with van der Waals surface area (Å²) < 4.78 is 0. The molecule has 0 aliphatic carbocycles. The molecule has 1 aromatic rings. The van der Waals surface area contributed by atoms with Crippen molar-refractivity contribution < 1.29 is 9.59 Å². The van der Waals surface area contributed by atoms with E-state index in [9.17, 15) is 9.59 Å². The van der Waals surface area contributed by atoms with Crippen LogP contribution in [0.25, 0.3) is 0 Å². The van der Waals surface area contributed by atoms with Gasteiger partial charge in [0.05, 0.1) is 11.3 Å². The monoisotopic (exact) mass is 326 g/mol. The largest absolute Gasteiger partial charge is 0.352 e. The lowest BCUT2D eigenvalue weighted by Crippen LogP contribution is -2.28. The predicted octanol–water partition coefficient (Wildman–Crippen LogP) is 2.80. The number of benzene rings is 1. The van der Waals surface area contributed by atoms with Crippen LogP contribution in [0.4, 0.5) is 5.69 Å². The SMILES string of the molecule is CC(C)CNC(=O)c1ccccc1NC(=O)CCBr. The standard InChI is InChI=1S/C14H19BrN2O2/c1-10(2)9-16-14(19)11-5-3-4-6-12(11)17-13(18)7-8-15/h3-6,10H,7-9H2,1-2H3,(H,16,19)(H,17,18). The number of carbonyl (C=O) groups is 2. The number of para-hydroxylation sites is 1. The second kappa shape index (κ2) is 7.94. The van der Waals surface area contributed by atoms with Crippen LogP contribution in [0.2, 0.25) is 0 Å². The maximum Gasteiger partial charge on any atom is 0.253 e. The van der Waals surface area contributed by atoms with E-state index in [2.05, 4.69) is 26.6 Å². The molecule has 0 saturated heterocycles. The summed E-state index contributed by atoms with van der Waals surface area (Å²) in [6, 6.07) is 7.02. The molecule has 4 nitrogen and oxygen atoms in total. The van der Waals surface area contributed by atoms with Gasteiger partial charge in [-0.05, 0) is 18.1 Å². The Balaban J connectivity index is 2.77. The van der Waals surface area contributed by atoms with Crippen molar-refractivity contribution in [2.45, 2.75) is 20.3 Å². The van der Waals surface area contributed by atoms with Gasteiger partial charge < -0.3 is 10.6 Å². The van der Waals surface area contributed by atoms with Crippen LogP contribution in [0.5, 0.6) is 0 Å². The fourth-order valence-electron chi connectivity index (χ4n) is 1.48. The zero-order valence-electron chi connectivity index (χ0n) is 11.2. The fourth-order valence-corrected chi connectivity index (χ4v) is 1.84. The molecule has 0 aliphatic heterocycles. The molecule has 0 saturated carbocycles. The molecule has 0 unspecified atom stereocenters. The number of carbonyl (C=O) groups excluding carboxylic acids is 2. The molecule has 5 heteroatoms. The molecule has 0 aliphatic rings. The van der Waals surface area contributed by atoms with Crippen molar-refractivity contribution in [3.8, 4) is 0 Å². The number of nitrogens with one attached hydrogen (secondary N) is 2. The van der Waals surface area contributed by atoms with Crippen molar-refractivity contribution in [3.63, 3.8) is 0 Å². The van der Waals surface area contributed by atoms with E-state index in [1.54, 1.807) is 24.3 Å². The number of alkyl halides is 1. The van der Waals surface area contributed by atoms with E-state index >= 15 is 0 Å². The average Bonchev–Trinajstić information content (AvgIpc) is 2.36. The van der Waals surface area contributed by atoms with Crippen LogP contribution in [0.3, 0.4) is 0 Å². The van der Waals surface area contributed by atoms with Gasteiger partial charge in [0.1, 0.15) is 0 Å². The first-order valence-corrected chi connectivity index (χ1v) is 7.39. The highest BCUT2D eigenvalue weighted by Gasteiger charge is 2.12. The molecule has 0 radical (unpaired) electrons. The maximum atomic E-state index is 12.0. The third-order valence-corrected chi connectivity index (χ3v) is 2.83. The number of halogens is 1. The topological polar surface area (TPSA) is 58.2 Å². The summed E-state index contributed by atoms with van der Waals surface area (Å²) in [5.74, 6) is 0.114. The zero-order chi connectivity index (χ0) is 14.3. The van der Waals surface area contributed by atoms with Crippen molar-refractivity contribution >= 4 is 33.4 Å². The fraction of sp³-hybridized carbons (Fsp3) is 0.429. The first kappa shape index (κ1) is 15.7. The smallest absolute Gasteiger partial charge is 0.253 e. The van der Waals surface area contributed by atoms with Gasteiger partial charge >= 0.3 is 0 Å². The Bertz CT molecular complexity index is 447. The van der Waals surface area contributed by atoms with Crippen LogP contribution in [-0.4, -0.2) is 23.7 Å². The van der Waals surface area contributed by atoms with E-state index < -0.39 is 0 Å². The molecule has 0 fully saturated rings. The number of rotatable bonds is 6. The first-order chi connectivity index (χ1) is 9.04. The molecule has 1 aromatic carbocycles. The Morgan fingerprint density at radius 3 is 2.58 bits per heavy atom. The Hall–Kier alpha value is -1.36. The summed E-state index contributed by atoms with van der Waals surface area (Å²) in [6.45, 7) is 4.68. The Kier molecular flexibility index (Phi) is 6.56. The minimum atomic E-state index is -0.163. The Morgan fingerprint density at radius 1 is 1.26 bits per heavy atom. The highest BCUT2D eigenvalue weighted by atomic mass is 79.9. The lowest BCUT2D eigenvalue weighted by molar-refractivity contribution is -0.115. The van der Waals surface area contributed by atoms with Gasteiger partial charge in [-0.15, -0.1) is 0 Å². The van der Waals surface area contributed by atoms with Crippen LogP contribution in [0, 0.1) is 5.92 Å². The zero-order valence-corrected chi connectivity index (χ0v) is 12.8. The van der Waals surface area contributed by atoms with Gasteiger partial charge in [-0.25, -0.2) is 0 Å². The molecule has 19 heavy (non-hydrogen) atoms. The average molecular weight is 327 g/mol. The summed E-state index contributed by atoms with van der Waals surface area (Å²) >= 11 is 3.21. The van der Waals surface area contributed by atoms with Crippen LogP contribution in [0.15, 0.2) is 24.3 Å². The van der Waals surface area contributed by atoms with Crippen LogP contribution in [0.1, 0.15) is 30.6 Å². The first-order valence-electron chi connectivity index (χ1n) is 6.27. The third kappa shape index (κ3) is 5.42. The quantitative estimate of drug-likeness (QED) is 0.790. The van der Waals surface area contributed by atoms with Crippen molar-refractivity contribution in [2.24, 2.45) is 5.92 Å². The number of hydrogen-bond acceptors (Lipinski definition) is 2. The highest BCUT2D eigenvalue weighted by molar-refractivity contribution is 9.09. The van der Waals surface area contributed by atoms with Gasteiger partial charge in [0.15, 0.2) is 0 Å². The van der Waals surface area contributed by atoms with Crippen LogP contribution < -0.4 is 10.6 Å². The van der Waals surface area contributed by atoms with Crippen LogP contribution >= 0.6 is 15.9 Å². The minimum absolute atomic E-state index is 0.110. The van der Waals surface area contributed by atoms with Gasteiger partial charge in [-0.2, -0.15) is 0 Å². The normalized spacial score (nSPS) is 10.3. The molecular formula is C14H19BrN2O2. The van der Waals surface area contributed by atoms with Gasteiger partial charge in [-0.1, -0.05) is 41.9 Å². The summed E-state index contributed by atoms with van der Waals surface area (Å²) in [5, 5.41) is 6.19. The Morgan fingerprint density at radius 2 is 1.95 bits per heavy atom. The number of hydrogen-bond donors (Lipinski definition) is 2. The molecule has 0 aromatic heterocycles. The van der Waals surface area contributed by atoms with Crippen molar-refractivity contribution in [1.29, 1.82) is 0 Å². The van der Waals surface area contributed by atoms with Crippen molar-refractivity contribution in [2.75, 3.05) is 17.2 Å². The molecule has 104 valence electrons. The van der Waals surface area contributed by atoms with E-state index in [1.165, 1.54) is 0 Å². The van der Waals surface area contributed by atoms with E-state index in [0.29, 0.717) is 35.5 Å². The second-order valence-electron chi connectivity index (χ2n) is 4.64. The summed E-state index contributed by atoms with van der Waals surface area (Å²) in [6.07, 6.45) is 0.377. The molecule has 2 N–H and O–H groups in total. The molecule has 0 atom stereocenters.